The van der Waals surface area contributed by atoms with Crippen molar-refractivity contribution in [2.75, 3.05) is 6.61 Å². The van der Waals surface area contributed by atoms with Crippen LogP contribution < -0.4 is 0 Å². The van der Waals surface area contributed by atoms with Crippen LogP contribution in [-0.4, -0.2) is 12.7 Å². The van der Waals surface area contributed by atoms with Gasteiger partial charge in [-0.15, -0.1) is 6.58 Å². The summed E-state index contributed by atoms with van der Waals surface area (Å²) in [6, 6.07) is 0. The Balaban J connectivity index is 5.11. The van der Waals surface area contributed by atoms with E-state index in [-0.39, 0.29) is 34.0 Å². The van der Waals surface area contributed by atoms with Gasteiger partial charge in [0.25, 0.3) is 0 Å². The topological polar surface area (TPSA) is 9.23 Å². The van der Waals surface area contributed by atoms with Crippen molar-refractivity contribution in [3.05, 3.63) is 121 Å². The summed E-state index contributed by atoms with van der Waals surface area (Å²) in [6.45, 7) is 32.2. The first-order valence-corrected chi connectivity index (χ1v) is 11.3. The van der Waals surface area contributed by atoms with Gasteiger partial charge in [-0.05, 0) is 66.9 Å². The van der Waals surface area contributed by atoms with E-state index in [1.807, 2.05) is 13.8 Å². The fraction of sp³-hybridized carbons (Fsp3) is 0.333. The maximum Gasteiger partial charge on any atom is 0.166 e. The predicted molar refractivity (Wildman–Crippen MR) is 141 cm³/mol. The van der Waals surface area contributed by atoms with Crippen LogP contribution in [0.25, 0.3) is 0 Å². The lowest BCUT2D eigenvalue weighted by Gasteiger charge is -2.15. The summed E-state index contributed by atoms with van der Waals surface area (Å²) in [5, 5.41) is 0. The normalized spacial score (nSPS) is 13.4. The molecule has 34 heavy (non-hydrogen) atoms. The Bertz CT molecular complexity index is 909. The average molecular weight is 473 g/mol. The van der Waals surface area contributed by atoms with Crippen LogP contribution in [0, 0.1) is 5.92 Å². The van der Waals surface area contributed by atoms with Crippen LogP contribution in [0.15, 0.2) is 121 Å². The molecule has 4 heteroatoms. The summed E-state index contributed by atoms with van der Waals surface area (Å²) in [6.07, 6.45) is 8.10. The van der Waals surface area contributed by atoms with Crippen molar-refractivity contribution < 1.29 is 17.9 Å². The van der Waals surface area contributed by atoms with Crippen LogP contribution in [0.2, 0.25) is 0 Å². The van der Waals surface area contributed by atoms with Crippen LogP contribution >= 0.6 is 0 Å². The largest absolute Gasteiger partial charge is 0.374 e. The first-order chi connectivity index (χ1) is 15.8. The number of hydrogen-bond donors (Lipinski definition) is 0. The number of hydrogen-bond acceptors (Lipinski definition) is 1. The molecule has 0 aromatic rings. The summed E-state index contributed by atoms with van der Waals surface area (Å²) >= 11 is 0. The van der Waals surface area contributed by atoms with Gasteiger partial charge in [-0.2, -0.15) is 0 Å². The molecular weight excluding hydrogens is 433 g/mol. The highest BCUT2D eigenvalue weighted by atomic mass is 19.2. The molecule has 0 aliphatic carbocycles. The third-order valence-electron chi connectivity index (χ3n) is 4.97. The minimum absolute atomic E-state index is 0.0296. The smallest absolute Gasteiger partial charge is 0.166 e. The van der Waals surface area contributed by atoms with Crippen LogP contribution in [-0.2, 0) is 4.74 Å². The molecule has 0 bridgehead atoms. The lowest BCUT2D eigenvalue weighted by Crippen LogP contribution is -2.13. The second kappa shape index (κ2) is 15.9. The molecule has 0 aliphatic heterocycles. The van der Waals surface area contributed by atoms with Crippen LogP contribution in [0.3, 0.4) is 0 Å². The van der Waals surface area contributed by atoms with E-state index in [0.29, 0.717) is 30.9 Å². The highest BCUT2D eigenvalue weighted by Gasteiger charge is 2.15. The molecule has 1 nitrogen and oxygen atoms in total. The van der Waals surface area contributed by atoms with E-state index in [1.165, 1.54) is 18.2 Å². The van der Waals surface area contributed by atoms with Gasteiger partial charge in [-0.3, -0.25) is 0 Å². The summed E-state index contributed by atoms with van der Waals surface area (Å²) in [5.74, 6) is -2.43. The summed E-state index contributed by atoms with van der Waals surface area (Å²) in [7, 11) is 0. The second-order valence-corrected chi connectivity index (χ2v) is 8.54. The molecule has 0 radical (unpaired) electrons. The van der Waals surface area contributed by atoms with E-state index in [4.69, 9.17) is 4.74 Å². The summed E-state index contributed by atoms with van der Waals surface area (Å²) < 4.78 is 49.1. The summed E-state index contributed by atoms with van der Waals surface area (Å²) in [4.78, 5) is 0. The molecule has 0 aromatic carbocycles. The molecule has 1 atom stereocenters. The maximum absolute atomic E-state index is 14.6. The average Bonchev–Trinajstić information content (AvgIpc) is 2.80. The van der Waals surface area contributed by atoms with Crippen LogP contribution in [0.4, 0.5) is 13.2 Å². The first kappa shape index (κ1) is 31.1. The Labute approximate surface area is 204 Å². The van der Waals surface area contributed by atoms with Crippen LogP contribution in [0.1, 0.15) is 46.5 Å². The molecule has 0 amide bonds. The summed E-state index contributed by atoms with van der Waals surface area (Å²) in [5.41, 5.74) is 0.688. The number of unbranched alkanes of at least 4 members (excludes halogenated alkanes) is 2. The van der Waals surface area contributed by atoms with Crippen molar-refractivity contribution in [3.8, 4) is 0 Å². The van der Waals surface area contributed by atoms with Gasteiger partial charge in [0.2, 0.25) is 0 Å². The predicted octanol–water partition coefficient (Wildman–Crippen LogP) is 9.69. The SMILES string of the molecule is C=CCCCCC(=C)/C(F)=C(/F)C(=C)C(=C)/C=C\C(=C)C(=C)/C(F)=C\C(=C)C(C)OCC(C)C. The van der Waals surface area contributed by atoms with E-state index >= 15 is 0 Å². The molecule has 186 valence electrons. The molecule has 0 saturated heterocycles. The van der Waals surface area contributed by atoms with Gasteiger partial charge in [0, 0.05) is 17.8 Å². The van der Waals surface area contributed by atoms with Crippen molar-refractivity contribution in [1.82, 2.24) is 0 Å². The second-order valence-electron chi connectivity index (χ2n) is 8.54. The van der Waals surface area contributed by atoms with Gasteiger partial charge in [0.15, 0.2) is 11.7 Å². The minimum Gasteiger partial charge on any atom is -0.374 e. The zero-order valence-corrected chi connectivity index (χ0v) is 21.0. The van der Waals surface area contributed by atoms with Gasteiger partial charge in [-0.25, -0.2) is 13.2 Å². The molecule has 0 fully saturated rings. The van der Waals surface area contributed by atoms with E-state index in [0.717, 1.165) is 12.8 Å². The van der Waals surface area contributed by atoms with Crippen molar-refractivity contribution in [3.63, 3.8) is 0 Å². The molecular formula is C30H39F3O. The lowest BCUT2D eigenvalue weighted by atomic mass is 10.0. The van der Waals surface area contributed by atoms with Gasteiger partial charge in [0.1, 0.15) is 5.83 Å². The number of halogens is 3. The molecule has 1 unspecified atom stereocenters. The lowest BCUT2D eigenvalue weighted by molar-refractivity contribution is 0.0715. The molecule has 0 heterocycles. The van der Waals surface area contributed by atoms with E-state index < -0.39 is 17.5 Å². The van der Waals surface area contributed by atoms with Crippen molar-refractivity contribution >= 4 is 0 Å². The zero-order chi connectivity index (χ0) is 26.4. The van der Waals surface area contributed by atoms with Crippen molar-refractivity contribution in [1.29, 1.82) is 0 Å². The van der Waals surface area contributed by atoms with Gasteiger partial charge >= 0.3 is 0 Å². The van der Waals surface area contributed by atoms with Gasteiger partial charge < -0.3 is 4.74 Å². The van der Waals surface area contributed by atoms with Gasteiger partial charge in [-0.1, -0.05) is 71.5 Å². The quantitative estimate of drug-likeness (QED) is 0.116. The highest BCUT2D eigenvalue weighted by molar-refractivity contribution is 5.53. The Morgan fingerprint density at radius 1 is 0.824 bits per heavy atom. The Hall–Kier alpha value is -2.85. The molecule has 0 rings (SSSR count). The molecule has 0 saturated carbocycles. The molecule has 0 N–H and O–H groups in total. The first-order valence-electron chi connectivity index (χ1n) is 11.3. The van der Waals surface area contributed by atoms with Crippen LogP contribution in [0.5, 0.6) is 0 Å². The monoisotopic (exact) mass is 472 g/mol. The minimum atomic E-state index is -1.12. The number of allylic oxidation sites excluding steroid dienone is 11. The van der Waals surface area contributed by atoms with Crippen molar-refractivity contribution in [2.24, 2.45) is 5.92 Å². The Morgan fingerprint density at radius 3 is 1.91 bits per heavy atom. The molecule has 0 aromatic heterocycles. The third kappa shape index (κ3) is 11.3. The fourth-order valence-electron chi connectivity index (χ4n) is 2.53. The zero-order valence-electron chi connectivity index (χ0n) is 21.0. The number of rotatable bonds is 17. The van der Waals surface area contributed by atoms with E-state index in [1.54, 1.807) is 13.0 Å². The van der Waals surface area contributed by atoms with Crippen molar-refractivity contribution in [2.45, 2.75) is 52.6 Å². The highest BCUT2D eigenvalue weighted by Crippen LogP contribution is 2.29. The fourth-order valence-corrected chi connectivity index (χ4v) is 2.53. The van der Waals surface area contributed by atoms with Gasteiger partial charge in [0.05, 0.1) is 6.10 Å². The third-order valence-corrected chi connectivity index (χ3v) is 4.97. The number of ether oxygens (including phenoxy) is 1. The molecule has 0 spiro atoms. The van der Waals surface area contributed by atoms with E-state index in [2.05, 4.69) is 46.1 Å². The Morgan fingerprint density at radius 2 is 1.38 bits per heavy atom. The maximum atomic E-state index is 14.6. The van der Waals surface area contributed by atoms with E-state index in [9.17, 15) is 13.2 Å². The Kier molecular flexibility index (Phi) is 14.6. The molecule has 0 aliphatic rings. The standard InChI is InChI=1S/C30H39F3O/c1-11-12-13-14-15-23(6)29(32)30(33)26(9)22(5)17-16-21(4)25(8)28(31)18-24(7)27(10)34-19-20(2)3/h11,16-18,20,27H,1,4-9,12-15,19H2,2-3,10H3/b17-16-,28-18+,30-29-.